The number of nitrogens with zero attached hydrogens (tertiary/aromatic N) is 2. The van der Waals surface area contributed by atoms with Crippen molar-refractivity contribution in [3.05, 3.63) is 60.1 Å². The molecule has 106 valence electrons. The topological polar surface area (TPSA) is 26.9 Å². The minimum atomic E-state index is 0.0966. The highest BCUT2D eigenvalue weighted by atomic mass is 16.1. The summed E-state index contributed by atoms with van der Waals surface area (Å²) in [6, 6.07) is 8.02. The molecule has 3 heteroatoms. The molecule has 3 nitrogen and oxygen atoms in total. The van der Waals surface area contributed by atoms with Gasteiger partial charge in [0, 0.05) is 13.1 Å². The zero-order valence-corrected chi connectivity index (χ0v) is 11.9. The van der Waals surface area contributed by atoms with E-state index in [1.807, 2.05) is 45.6 Å². The zero-order chi connectivity index (χ0) is 14.4. The van der Waals surface area contributed by atoms with Crippen molar-refractivity contribution >= 4 is 11.0 Å². The van der Waals surface area contributed by atoms with Crippen molar-refractivity contribution in [2.24, 2.45) is 0 Å². The minimum Gasteiger partial charge on any atom is -0.292 e. The first-order chi connectivity index (χ1) is 9.79. The molecule has 1 aromatic heterocycles. The number of aromatic nitrogens is 2. The van der Waals surface area contributed by atoms with Crippen molar-refractivity contribution in [2.45, 2.75) is 38.8 Å². The summed E-state index contributed by atoms with van der Waals surface area (Å²) in [7, 11) is 0. The average molecular weight is 270 g/mol. The smallest absolute Gasteiger partial charge is 0.292 e. The van der Waals surface area contributed by atoms with Gasteiger partial charge < -0.3 is 0 Å². The molecule has 0 atom stereocenters. The summed E-state index contributed by atoms with van der Waals surface area (Å²) < 4.78 is 3.76. The fourth-order valence-corrected chi connectivity index (χ4v) is 2.49. The molecule has 0 bridgehead atoms. The van der Waals surface area contributed by atoms with Crippen LogP contribution in [0.5, 0.6) is 0 Å². The van der Waals surface area contributed by atoms with Gasteiger partial charge in [-0.25, -0.2) is 4.79 Å². The van der Waals surface area contributed by atoms with Crippen LogP contribution >= 0.6 is 0 Å². The highest BCUT2D eigenvalue weighted by molar-refractivity contribution is 5.75. The third-order valence-electron chi connectivity index (χ3n) is 3.51. The van der Waals surface area contributed by atoms with Gasteiger partial charge in [-0.05, 0) is 37.8 Å². The van der Waals surface area contributed by atoms with Crippen LogP contribution in [0.4, 0.5) is 0 Å². The summed E-state index contributed by atoms with van der Waals surface area (Å²) in [5, 5.41) is 0. The molecule has 0 saturated heterocycles. The number of aryl methyl sites for hydroxylation is 2. The minimum absolute atomic E-state index is 0.0966. The number of benzene rings is 1. The van der Waals surface area contributed by atoms with Gasteiger partial charge in [-0.3, -0.25) is 9.13 Å². The molecule has 0 spiro atoms. The van der Waals surface area contributed by atoms with Crippen LogP contribution in [-0.2, 0) is 13.1 Å². The summed E-state index contributed by atoms with van der Waals surface area (Å²) in [5.41, 5.74) is 2.15. The van der Waals surface area contributed by atoms with E-state index in [1.165, 1.54) is 0 Å². The number of fused-ring (bicyclic) bond motifs is 1. The first kappa shape index (κ1) is 14.4. The van der Waals surface area contributed by atoms with Gasteiger partial charge in [-0.1, -0.05) is 24.3 Å². The maximum atomic E-state index is 12.6. The van der Waals surface area contributed by atoms with Gasteiger partial charge in [0.1, 0.15) is 0 Å². The Hall–Kier alpha value is -2.03. The Labute approximate surface area is 119 Å². The number of unbranched alkanes of at least 4 members (excludes halogenated alkanes) is 2. The van der Waals surface area contributed by atoms with Crippen molar-refractivity contribution in [2.75, 3.05) is 0 Å². The Bertz CT molecular complexity index is 595. The van der Waals surface area contributed by atoms with Crippen molar-refractivity contribution in [1.82, 2.24) is 9.13 Å². The van der Waals surface area contributed by atoms with Gasteiger partial charge in [0.05, 0.1) is 11.0 Å². The Morgan fingerprint density at radius 3 is 1.75 bits per heavy atom. The van der Waals surface area contributed by atoms with E-state index in [1.54, 1.807) is 0 Å². The predicted molar refractivity (Wildman–Crippen MR) is 85.1 cm³/mol. The number of imidazole rings is 1. The lowest BCUT2D eigenvalue weighted by atomic mass is 10.2. The molecule has 2 aromatic rings. The predicted octanol–water partition coefficient (Wildman–Crippen LogP) is 3.74. The van der Waals surface area contributed by atoms with Crippen LogP contribution < -0.4 is 5.69 Å². The maximum absolute atomic E-state index is 12.6. The maximum Gasteiger partial charge on any atom is 0.329 e. The first-order valence-electron chi connectivity index (χ1n) is 7.19. The molecule has 1 aromatic carbocycles. The largest absolute Gasteiger partial charge is 0.329 e. The summed E-state index contributed by atoms with van der Waals surface area (Å²) in [6.45, 7) is 8.96. The Morgan fingerprint density at radius 1 is 0.900 bits per heavy atom. The van der Waals surface area contributed by atoms with E-state index in [9.17, 15) is 4.79 Å². The normalized spacial score (nSPS) is 10.8. The summed E-state index contributed by atoms with van der Waals surface area (Å²) in [6.07, 6.45) is 7.56. The van der Waals surface area contributed by atoms with Crippen molar-refractivity contribution in [3.8, 4) is 0 Å². The van der Waals surface area contributed by atoms with Crippen molar-refractivity contribution in [1.29, 1.82) is 0 Å². The molecule has 0 aliphatic rings. The Balaban J connectivity index is 2.36. The lowest BCUT2D eigenvalue weighted by Crippen LogP contribution is -2.24. The Morgan fingerprint density at radius 2 is 1.35 bits per heavy atom. The molecule has 1 heterocycles. The van der Waals surface area contributed by atoms with Crippen molar-refractivity contribution < 1.29 is 0 Å². The van der Waals surface area contributed by atoms with Gasteiger partial charge in [0.25, 0.3) is 0 Å². The summed E-state index contributed by atoms with van der Waals surface area (Å²) in [4.78, 5) is 12.6. The van der Waals surface area contributed by atoms with Gasteiger partial charge in [0.15, 0.2) is 0 Å². The summed E-state index contributed by atoms with van der Waals surface area (Å²) >= 11 is 0. The molecule has 0 fully saturated rings. The number of rotatable bonds is 8. The molecule has 2 rings (SSSR count). The van der Waals surface area contributed by atoms with E-state index >= 15 is 0 Å². The molecule has 0 radical (unpaired) electrons. The van der Waals surface area contributed by atoms with Crippen molar-refractivity contribution in [3.63, 3.8) is 0 Å². The highest BCUT2D eigenvalue weighted by Gasteiger charge is 2.11. The van der Waals surface area contributed by atoms with E-state index in [-0.39, 0.29) is 5.69 Å². The van der Waals surface area contributed by atoms with Gasteiger partial charge in [0.2, 0.25) is 0 Å². The second-order valence-electron chi connectivity index (χ2n) is 4.94. The van der Waals surface area contributed by atoms with E-state index in [2.05, 4.69) is 13.2 Å². The molecule has 20 heavy (non-hydrogen) atoms. The average Bonchev–Trinajstić information content (AvgIpc) is 2.73. The van der Waals surface area contributed by atoms with Crippen LogP contribution in [0.15, 0.2) is 54.4 Å². The number of allylic oxidation sites excluding steroid dienone is 2. The highest BCUT2D eigenvalue weighted by Crippen LogP contribution is 2.14. The molecule has 0 aliphatic carbocycles. The number of hydrogen-bond donors (Lipinski definition) is 0. The number of hydrogen-bond acceptors (Lipinski definition) is 1. The lowest BCUT2D eigenvalue weighted by Gasteiger charge is -2.01. The second-order valence-corrected chi connectivity index (χ2v) is 4.94. The van der Waals surface area contributed by atoms with Crippen LogP contribution in [0.3, 0.4) is 0 Å². The molecular formula is C17H22N2O. The third-order valence-corrected chi connectivity index (χ3v) is 3.51. The number of para-hydroxylation sites is 2. The first-order valence-corrected chi connectivity index (χ1v) is 7.19. The SMILES string of the molecule is C=CCCCn1c(=O)n(CCCC=C)c2ccccc21. The van der Waals surface area contributed by atoms with Gasteiger partial charge in [-0.2, -0.15) is 0 Å². The zero-order valence-electron chi connectivity index (χ0n) is 11.9. The Kier molecular flexibility index (Phi) is 4.99. The summed E-state index contributed by atoms with van der Waals surface area (Å²) in [5.74, 6) is 0. The monoisotopic (exact) mass is 270 g/mol. The van der Waals surface area contributed by atoms with E-state index < -0.39 is 0 Å². The van der Waals surface area contributed by atoms with E-state index in [0.29, 0.717) is 0 Å². The molecule has 0 N–H and O–H groups in total. The van der Waals surface area contributed by atoms with E-state index in [4.69, 9.17) is 0 Å². The molecular weight excluding hydrogens is 248 g/mol. The van der Waals surface area contributed by atoms with Gasteiger partial charge >= 0.3 is 5.69 Å². The van der Waals surface area contributed by atoms with Crippen LogP contribution in [0.2, 0.25) is 0 Å². The van der Waals surface area contributed by atoms with Crippen LogP contribution in [0, 0.1) is 0 Å². The van der Waals surface area contributed by atoms with Gasteiger partial charge in [-0.15, -0.1) is 13.2 Å². The third kappa shape index (κ3) is 2.93. The lowest BCUT2D eigenvalue weighted by molar-refractivity contribution is 0.587. The van der Waals surface area contributed by atoms with Crippen LogP contribution in [0.1, 0.15) is 25.7 Å². The second kappa shape index (κ2) is 6.94. The molecule has 0 amide bonds. The van der Waals surface area contributed by atoms with Crippen LogP contribution in [-0.4, -0.2) is 9.13 Å². The fourth-order valence-electron chi connectivity index (χ4n) is 2.49. The molecule has 0 saturated carbocycles. The van der Waals surface area contributed by atoms with Crippen LogP contribution in [0.25, 0.3) is 11.0 Å². The quantitative estimate of drug-likeness (QED) is 0.530. The molecule has 0 aliphatic heterocycles. The van der Waals surface area contributed by atoms with E-state index in [0.717, 1.165) is 49.8 Å². The molecule has 0 unspecified atom stereocenters. The standard InChI is InChI=1S/C17H22N2O/c1-3-5-9-13-18-15-11-7-8-12-16(15)19(17(18)20)14-10-6-4-2/h3-4,7-8,11-12H,1-2,5-6,9-10,13-14H2. The fraction of sp³-hybridized carbons (Fsp3) is 0.353.